The van der Waals surface area contributed by atoms with Gasteiger partial charge in [0.2, 0.25) is 0 Å². The Morgan fingerprint density at radius 2 is 1.95 bits per heavy atom. The van der Waals surface area contributed by atoms with Gasteiger partial charge in [0.1, 0.15) is 12.4 Å². The van der Waals surface area contributed by atoms with Crippen LogP contribution < -0.4 is 10.5 Å². The lowest BCUT2D eigenvalue weighted by atomic mass is 10.1. The van der Waals surface area contributed by atoms with Crippen molar-refractivity contribution in [3.05, 3.63) is 64.2 Å². The van der Waals surface area contributed by atoms with E-state index >= 15 is 0 Å². The molecule has 0 radical (unpaired) electrons. The molecule has 0 aliphatic rings. The van der Waals surface area contributed by atoms with E-state index in [9.17, 15) is 0 Å². The van der Waals surface area contributed by atoms with Crippen LogP contribution in [0.4, 0.5) is 0 Å². The zero-order chi connectivity index (χ0) is 14.5. The number of nitrogens with zero attached hydrogens (tertiary/aromatic N) is 1. The molecule has 2 rings (SSSR count). The van der Waals surface area contributed by atoms with E-state index in [-0.39, 0.29) is 5.84 Å². The molecule has 0 bridgehead atoms. The summed E-state index contributed by atoms with van der Waals surface area (Å²) in [4.78, 5) is 0. The summed E-state index contributed by atoms with van der Waals surface area (Å²) in [6.45, 7) is 2.50. The number of halogens is 1. The monoisotopic (exact) mass is 290 g/mol. The van der Waals surface area contributed by atoms with Gasteiger partial charge in [0.15, 0.2) is 5.84 Å². The highest BCUT2D eigenvalue weighted by Gasteiger charge is 2.07. The smallest absolute Gasteiger partial charge is 0.171 e. The van der Waals surface area contributed by atoms with Crippen LogP contribution in [0, 0.1) is 6.92 Å². The fraction of sp³-hybridized carbons (Fsp3) is 0.133. The third-order valence-electron chi connectivity index (χ3n) is 2.85. The van der Waals surface area contributed by atoms with Gasteiger partial charge in [-0.15, -0.1) is 0 Å². The van der Waals surface area contributed by atoms with Gasteiger partial charge < -0.3 is 15.7 Å². The average molecular weight is 291 g/mol. The fourth-order valence-electron chi connectivity index (χ4n) is 1.70. The van der Waals surface area contributed by atoms with E-state index in [0.29, 0.717) is 22.9 Å². The van der Waals surface area contributed by atoms with E-state index in [4.69, 9.17) is 27.3 Å². The molecule has 0 atom stereocenters. The maximum absolute atomic E-state index is 8.63. The van der Waals surface area contributed by atoms with Crippen molar-refractivity contribution in [3.8, 4) is 5.75 Å². The summed E-state index contributed by atoms with van der Waals surface area (Å²) in [5.74, 6) is 0.602. The van der Waals surface area contributed by atoms with Gasteiger partial charge in [0.25, 0.3) is 0 Å². The van der Waals surface area contributed by atoms with Crippen LogP contribution >= 0.6 is 11.6 Å². The largest absolute Gasteiger partial charge is 0.489 e. The number of hydrogen-bond acceptors (Lipinski definition) is 3. The van der Waals surface area contributed by atoms with Crippen molar-refractivity contribution in [3.63, 3.8) is 0 Å². The lowest BCUT2D eigenvalue weighted by Crippen LogP contribution is -2.13. The van der Waals surface area contributed by atoms with Crippen molar-refractivity contribution in [2.75, 3.05) is 0 Å². The summed E-state index contributed by atoms with van der Waals surface area (Å²) in [5.41, 5.74) is 8.25. The molecule has 104 valence electrons. The van der Waals surface area contributed by atoms with E-state index < -0.39 is 0 Å². The summed E-state index contributed by atoms with van der Waals surface area (Å²) in [7, 11) is 0. The molecule has 0 unspecified atom stereocenters. The van der Waals surface area contributed by atoms with Gasteiger partial charge in [-0.3, -0.25) is 0 Å². The fourth-order valence-corrected chi connectivity index (χ4v) is 1.97. The topological polar surface area (TPSA) is 67.8 Å². The minimum Gasteiger partial charge on any atom is -0.489 e. The first-order chi connectivity index (χ1) is 9.60. The molecule has 4 nitrogen and oxygen atoms in total. The van der Waals surface area contributed by atoms with Gasteiger partial charge in [0, 0.05) is 5.56 Å². The first kappa shape index (κ1) is 14.2. The Morgan fingerprint density at radius 3 is 2.55 bits per heavy atom. The molecule has 0 saturated heterocycles. The highest BCUT2D eigenvalue weighted by Crippen LogP contribution is 2.23. The highest BCUT2D eigenvalue weighted by atomic mass is 35.5. The molecule has 2 aromatic carbocycles. The minimum absolute atomic E-state index is 0.0277. The third-order valence-corrected chi connectivity index (χ3v) is 3.16. The van der Waals surface area contributed by atoms with Crippen molar-refractivity contribution in [2.24, 2.45) is 10.9 Å². The quantitative estimate of drug-likeness (QED) is 0.393. The maximum Gasteiger partial charge on any atom is 0.171 e. The van der Waals surface area contributed by atoms with E-state index in [0.717, 1.165) is 5.56 Å². The maximum atomic E-state index is 8.63. The number of nitrogens with two attached hydrogens (primary N) is 1. The van der Waals surface area contributed by atoms with Crippen LogP contribution in [0.1, 0.15) is 16.7 Å². The second-order valence-corrected chi connectivity index (χ2v) is 4.81. The molecular formula is C15H15ClN2O2. The summed E-state index contributed by atoms with van der Waals surface area (Å²) in [6, 6.07) is 13.1. The predicted molar refractivity (Wildman–Crippen MR) is 79.5 cm³/mol. The second-order valence-electron chi connectivity index (χ2n) is 4.40. The normalized spacial score (nSPS) is 11.4. The molecule has 2 aromatic rings. The molecule has 0 heterocycles. The SMILES string of the molecule is Cc1ccc(COc2ccc(/C(N)=N/O)c(Cl)c2)cc1. The predicted octanol–water partition coefficient (Wildman–Crippen LogP) is 3.32. The van der Waals surface area contributed by atoms with Gasteiger partial charge in [-0.2, -0.15) is 0 Å². The first-order valence-corrected chi connectivity index (χ1v) is 6.43. The molecule has 0 aliphatic heterocycles. The van der Waals surface area contributed by atoms with Gasteiger partial charge in [-0.05, 0) is 30.7 Å². The summed E-state index contributed by atoms with van der Waals surface area (Å²) < 4.78 is 5.65. The molecule has 3 N–H and O–H groups in total. The zero-order valence-electron chi connectivity index (χ0n) is 11.0. The van der Waals surface area contributed by atoms with Crippen LogP contribution in [0.5, 0.6) is 5.75 Å². The van der Waals surface area contributed by atoms with Gasteiger partial charge in [0.05, 0.1) is 5.02 Å². The lowest BCUT2D eigenvalue weighted by Gasteiger charge is -2.09. The zero-order valence-corrected chi connectivity index (χ0v) is 11.8. The Morgan fingerprint density at radius 1 is 1.25 bits per heavy atom. The molecule has 20 heavy (non-hydrogen) atoms. The van der Waals surface area contributed by atoms with E-state index in [1.807, 2.05) is 31.2 Å². The van der Waals surface area contributed by atoms with Crippen LogP contribution in [0.3, 0.4) is 0 Å². The number of oxime groups is 1. The number of benzene rings is 2. The molecule has 0 fully saturated rings. The summed E-state index contributed by atoms with van der Waals surface area (Å²) in [6.07, 6.45) is 0. The van der Waals surface area contributed by atoms with E-state index in [1.54, 1.807) is 18.2 Å². The van der Waals surface area contributed by atoms with Crippen LogP contribution in [0.2, 0.25) is 5.02 Å². The lowest BCUT2D eigenvalue weighted by molar-refractivity contribution is 0.306. The first-order valence-electron chi connectivity index (χ1n) is 6.06. The minimum atomic E-state index is -0.0277. The van der Waals surface area contributed by atoms with Crippen molar-refractivity contribution < 1.29 is 9.94 Å². The Hall–Kier alpha value is -2.20. The van der Waals surface area contributed by atoms with E-state index in [2.05, 4.69) is 5.16 Å². The highest BCUT2D eigenvalue weighted by molar-refractivity contribution is 6.34. The Balaban J connectivity index is 2.07. The van der Waals surface area contributed by atoms with Gasteiger partial charge in [-0.25, -0.2) is 0 Å². The van der Waals surface area contributed by atoms with Crippen LogP contribution in [-0.4, -0.2) is 11.0 Å². The molecule has 0 saturated carbocycles. The van der Waals surface area contributed by atoms with Crippen LogP contribution in [0.25, 0.3) is 0 Å². The second kappa shape index (κ2) is 6.30. The van der Waals surface area contributed by atoms with Crippen molar-refractivity contribution in [1.29, 1.82) is 0 Å². The molecule has 0 aliphatic carbocycles. The standard InChI is InChI=1S/C15H15ClN2O2/c1-10-2-4-11(5-3-10)9-20-12-6-7-13(14(16)8-12)15(17)18-19/h2-8,19H,9H2,1H3,(H2,17,18). The number of aryl methyl sites for hydroxylation is 1. The Labute approximate surface area is 122 Å². The molecular weight excluding hydrogens is 276 g/mol. The summed E-state index contributed by atoms with van der Waals surface area (Å²) >= 11 is 6.05. The molecule has 0 amide bonds. The number of ether oxygens (including phenoxy) is 1. The average Bonchev–Trinajstić information content (AvgIpc) is 2.46. The van der Waals surface area contributed by atoms with E-state index in [1.165, 1.54) is 5.56 Å². The molecule has 0 spiro atoms. The van der Waals surface area contributed by atoms with Gasteiger partial charge >= 0.3 is 0 Å². The Kier molecular flexibility index (Phi) is 4.48. The van der Waals surface area contributed by atoms with Crippen LogP contribution in [-0.2, 0) is 6.61 Å². The molecule has 0 aromatic heterocycles. The van der Waals surface area contributed by atoms with Crippen molar-refractivity contribution in [1.82, 2.24) is 0 Å². The number of rotatable bonds is 4. The molecule has 5 heteroatoms. The number of hydrogen-bond donors (Lipinski definition) is 2. The Bertz CT molecular complexity index is 624. The van der Waals surface area contributed by atoms with Crippen molar-refractivity contribution >= 4 is 17.4 Å². The van der Waals surface area contributed by atoms with Crippen LogP contribution in [0.15, 0.2) is 47.6 Å². The van der Waals surface area contributed by atoms with Crippen molar-refractivity contribution in [2.45, 2.75) is 13.5 Å². The summed E-state index contributed by atoms with van der Waals surface area (Å²) in [5, 5.41) is 11.9. The third kappa shape index (κ3) is 3.42. The van der Waals surface area contributed by atoms with Gasteiger partial charge in [-0.1, -0.05) is 46.6 Å². The number of amidine groups is 1.